The standard InChI is InChI=1S/C22H25NO5/c1-26-17-9-6-15(7-10-17)22(12-4-5-13-22)21(25)23-16-8-11-19(27-2)18(14-16)20(24)28-3/h6-11,14H,4-5,12-13H2,1-3H3,(H,23,25). The molecule has 1 N–H and O–H groups in total. The fourth-order valence-corrected chi connectivity index (χ4v) is 3.84. The molecule has 2 aromatic carbocycles. The number of methoxy groups -OCH3 is 3. The SMILES string of the molecule is COC(=O)c1cc(NC(=O)C2(c3ccc(OC)cc3)CCCC2)ccc1OC. The van der Waals surface area contributed by atoms with Crippen molar-refractivity contribution in [3.8, 4) is 11.5 Å². The molecule has 2 aromatic rings. The van der Waals surface area contributed by atoms with Crippen LogP contribution in [0.2, 0.25) is 0 Å². The lowest BCUT2D eigenvalue weighted by atomic mass is 9.78. The maximum atomic E-state index is 13.3. The summed E-state index contributed by atoms with van der Waals surface area (Å²) in [4.78, 5) is 25.3. The quantitative estimate of drug-likeness (QED) is 0.765. The van der Waals surface area contributed by atoms with Crippen LogP contribution in [0.5, 0.6) is 11.5 Å². The van der Waals surface area contributed by atoms with Crippen molar-refractivity contribution in [1.29, 1.82) is 0 Å². The minimum Gasteiger partial charge on any atom is -0.497 e. The molecular weight excluding hydrogens is 358 g/mol. The number of rotatable bonds is 6. The normalized spacial score (nSPS) is 15.0. The molecule has 0 saturated heterocycles. The van der Waals surface area contributed by atoms with E-state index in [2.05, 4.69) is 5.32 Å². The monoisotopic (exact) mass is 383 g/mol. The lowest BCUT2D eigenvalue weighted by molar-refractivity contribution is -0.121. The van der Waals surface area contributed by atoms with Crippen molar-refractivity contribution in [2.24, 2.45) is 0 Å². The van der Waals surface area contributed by atoms with Gasteiger partial charge in [0.1, 0.15) is 17.1 Å². The zero-order chi connectivity index (χ0) is 20.1. The number of anilines is 1. The molecule has 28 heavy (non-hydrogen) atoms. The van der Waals surface area contributed by atoms with E-state index >= 15 is 0 Å². The molecule has 0 spiro atoms. The van der Waals surface area contributed by atoms with Crippen molar-refractivity contribution in [2.75, 3.05) is 26.6 Å². The minimum absolute atomic E-state index is 0.0730. The van der Waals surface area contributed by atoms with Crippen molar-refractivity contribution in [1.82, 2.24) is 0 Å². The molecule has 0 unspecified atom stereocenters. The summed E-state index contributed by atoms with van der Waals surface area (Å²) in [6.07, 6.45) is 3.56. The highest BCUT2D eigenvalue weighted by Gasteiger charge is 2.42. The molecule has 1 amide bonds. The van der Waals surface area contributed by atoms with E-state index in [-0.39, 0.29) is 11.5 Å². The maximum Gasteiger partial charge on any atom is 0.341 e. The Morgan fingerprint density at radius 1 is 0.929 bits per heavy atom. The number of hydrogen-bond acceptors (Lipinski definition) is 5. The van der Waals surface area contributed by atoms with Crippen LogP contribution in [0.3, 0.4) is 0 Å². The third kappa shape index (κ3) is 3.67. The summed E-state index contributed by atoms with van der Waals surface area (Å²) in [5.74, 6) is 0.570. The zero-order valence-corrected chi connectivity index (χ0v) is 16.4. The van der Waals surface area contributed by atoms with Crippen LogP contribution in [0.4, 0.5) is 5.69 Å². The van der Waals surface area contributed by atoms with Crippen molar-refractivity contribution < 1.29 is 23.8 Å². The van der Waals surface area contributed by atoms with Crippen LogP contribution in [-0.4, -0.2) is 33.2 Å². The average molecular weight is 383 g/mol. The Labute approximate surface area is 164 Å². The predicted octanol–water partition coefficient (Wildman–Crippen LogP) is 3.94. The van der Waals surface area contributed by atoms with Gasteiger partial charge < -0.3 is 19.5 Å². The van der Waals surface area contributed by atoms with Gasteiger partial charge in [-0.1, -0.05) is 25.0 Å². The molecule has 3 rings (SSSR count). The van der Waals surface area contributed by atoms with Crippen LogP contribution < -0.4 is 14.8 Å². The fourth-order valence-electron chi connectivity index (χ4n) is 3.84. The number of carbonyl (C=O) groups is 2. The van der Waals surface area contributed by atoms with E-state index in [9.17, 15) is 9.59 Å². The minimum atomic E-state index is -0.586. The largest absolute Gasteiger partial charge is 0.497 e. The van der Waals surface area contributed by atoms with Gasteiger partial charge in [0, 0.05) is 5.69 Å². The summed E-state index contributed by atoms with van der Waals surface area (Å²) >= 11 is 0. The van der Waals surface area contributed by atoms with E-state index in [4.69, 9.17) is 14.2 Å². The molecule has 6 heteroatoms. The Bertz CT molecular complexity index is 854. The second-order valence-corrected chi connectivity index (χ2v) is 6.88. The van der Waals surface area contributed by atoms with Crippen LogP contribution in [0.15, 0.2) is 42.5 Å². The fraction of sp³-hybridized carbons (Fsp3) is 0.364. The van der Waals surface area contributed by atoms with Gasteiger partial charge in [0.25, 0.3) is 0 Å². The number of amides is 1. The van der Waals surface area contributed by atoms with Crippen LogP contribution >= 0.6 is 0 Å². The zero-order valence-electron chi connectivity index (χ0n) is 16.4. The molecule has 6 nitrogen and oxygen atoms in total. The Morgan fingerprint density at radius 3 is 2.18 bits per heavy atom. The number of benzene rings is 2. The smallest absolute Gasteiger partial charge is 0.341 e. The van der Waals surface area contributed by atoms with Gasteiger partial charge in [-0.25, -0.2) is 4.79 Å². The molecule has 0 aromatic heterocycles. The first-order valence-electron chi connectivity index (χ1n) is 9.26. The number of esters is 1. The van der Waals surface area contributed by atoms with Crippen LogP contribution in [0, 0.1) is 0 Å². The van der Waals surface area contributed by atoms with E-state index in [1.54, 1.807) is 25.3 Å². The van der Waals surface area contributed by atoms with Gasteiger partial charge in [-0.05, 0) is 48.7 Å². The number of hydrogen-bond donors (Lipinski definition) is 1. The molecule has 1 aliphatic carbocycles. The lowest BCUT2D eigenvalue weighted by Crippen LogP contribution is -2.38. The molecule has 1 aliphatic rings. The van der Waals surface area contributed by atoms with Gasteiger partial charge in [-0.3, -0.25) is 4.79 Å². The highest BCUT2D eigenvalue weighted by molar-refractivity contribution is 6.01. The van der Waals surface area contributed by atoms with Gasteiger partial charge >= 0.3 is 5.97 Å². The van der Waals surface area contributed by atoms with Crippen molar-refractivity contribution >= 4 is 17.6 Å². The highest BCUT2D eigenvalue weighted by atomic mass is 16.5. The van der Waals surface area contributed by atoms with Crippen LogP contribution in [-0.2, 0) is 14.9 Å². The Hall–Kier alpha value is -3.02. The van der Waals surface area contributed by atoms with Gasteiger partial charge in [0.05, 0.1) is 26.7 Å². The van der Waals surface area contributed by atoms with Crippen LogP contribution in [0.25, 0.3) is 0 Å². The summed E-state index contributed by atoms with van der Waals surface area (Å²) < 4.78 is 15.3. The van der Waals surface area contributed by atoms with E-state index in [1.807, 2.05) is 24.3 Å². The van der Waals surface area contributed by atoms with E-state index in [0.29, 0.717) is 11.4 Å². The molecule has 0 heterocycles. The third-order valence-electron chi connectivity index (χ3n) is 5.40. The van der Waals surface area contributed by atoms with Crippen molar-refractivity contribution in [3.05, 3.63) is 53.6 Å². The summed E-state index contributed by atoms with van der Waals surface area (Å²) in [5.41, 5.74) is 1.20. The topological polar surface area (TPSA) is 73.9 Å². The molecular formula is C22H25NO5. The summed E-state index contributed by atoms with van der Waals surface area (Å²) in [7, 11) is 4.41. The molecule has 0 bridgehead atoms. The maximum absolute atomic E-state index is 13.3. The third-order valence-corrected chi connectivity index (χ3v) is 5.40. The van der Waals surface area contributed by atoms with E-state index in [0.717, 1.165) is 37.0 Å². The Kier molecular flexibility index (Phi) is 5.87. The van der Waals surface area contributed by atoms with Crippen LogP contribution in [0.1, 0.15) is 41.6 Å². The molecule has 148 valence electrons. The summed E-state index contributed by atoms with van der Waals surface area (Å²) in [6.45, 7) is 0. The molecule has 0 radical (unpaired) electrons. The van der Waals surface area contributed by atoms with Gasteiger partial charge in [0.15, 0.2) is 0 Å². The van der Waals surface area contributed by atoms with E-state index < -0.39 is 11.4 Å². The first-order valence-corrected chi connectivity index (χ1v) is 9.26. The number of ether oxygens (including phenoxy) is 3. The predicted molar refractivity (Wildman–Crippen MR) is 106 cm³/mol. The van der Waals surface area contributed by atoms with E-state index in [1.165, 1.54) is 14.2 Å². The second-order valence-electron chi connectivity index (χ2n) is 6.88. The molecule has 1 saturated carbocycles. The molecule has 0 atom stereocenters. The first kappa shape index (κ1) is 19.7. The average Bonchev–Trinajstić information content (AvgIpc) is 3.24. The summed E-state index contributed by atoms with van der Waals surface area (Å²) in [6, 6.07) is 12.6. The van der Waals surface area contributed by atoms with Gasteiger partial charge in [0.2, 0.25) is 5.91 Å². The van der Waals surface area contributed by atoms with Gasteiger partial charge in [-0.15, -0.1) is 0 Å². The van der Waals surface area contributed by atoms with Gasteiger partial charge in [-0.2, -0.15) is 0 Å². The van der Waals surface area contributed by atoms with Crippen molar-refractivity contribution in [2.45, 2.75) is 31.1 Å². The Balaban J connectivity index is 1.90. The number of carbonyl (C=O) groups excluding carboxylic acids is 2. The number of nitrogens with one attached hydrogen (secondary N) is 1. The molecule has 1 fully saturated rings. The highest BCUT2D eigenvalue weighted by Crippen LogP contribution is 2.42. The summed E-state index contributed by atoms with van der Waals surface area (Å²) in [5, 5.41) is 2.99. The molecule has 0 aliphatic heterocycles. The second kappa shape index (κ2) is 8.33. The Morgan fingerprint density at radius 2 is 1.61 bits per heavy atom. The first-order chi connectivity index (χ1) is 13.5. The van der Waals surface area contributed by atoms with Crippen molar-refractivity contribution in [3.63, 3.8) is 0 Å². The lowest BCUT2D eigenvalue weighted by Gasteiger charge is -2.28.